The minimum atomic E-state index is -0.196. The smallest absolute Gasteiger partial charge is 0.224 e. The van der Waals surface area contributed by atoms with Crippen LogP contribution in [0.25, 0.3) is 0 Å². The van der Waals surface area contributed by atoms with Crippen LogP contribution in [0.4, 0.5) is 0 Å². The van der Waals surface area contributed by atoms with Crippen LogP contribution >= 0.6 is 0 Å². The highest BCUT2D eigenvalue weighted by Crippen LogP contribution is 2.31. The highest BCUT2D eigenvalue weighted by Gasteiger charge is 2.35. The zero-order chi connectivity index (χ0) is 10.9. The third-order valence-electron chi connectivity index (χ3n) is 3.84. The maximum Gasteiger partial charge on any atom is 0.224 e. The van der Waals surface area contributed by atoms with Crippen LogP contribution in [0.15, 0.2) is 0 Å². The number of carbonyl (C=O) groups is 1. The minimum absolute atomic E-state index is 0.196. The van der Waals surface area contributed by atoms with Gasteiger partial charge in [0.1, 0.15) is 0 Å². The molecule has 3 nitrogen and oxygen atoms in total. The number of hydrogen-bond donors (Lipinski definition) is 1. The molecule has 1 amide bonds. The number of carbonyl (C=O) groups excluding carboxylic acids is 1. The quantitative estimate of drug-likeness (QED) is 0.770. The van der Waals surface area contributed by atoms with Gasteiger partial charge in [-0.15, -0.1) is 0 Å². The monoisotopic (exact) mass is 210 g/mol. The van der Waals surface area contributed by atoms with E-state index in [2.05, 4.69) is 0 Å². The summed E-state index contributed by atoms with van der Waals surface area (Å²) in [6, 6.07) is 0.518. The first-order valence-corrected chi connectivity index (χ1v) is 6.15. The predicted molar refractivity (Wildman–Crippen MR) is 60.4 cm³/mol. The van der Waals surface area contributed by atoms with Crippen molar-refractivity contribution in [1.82, 2.24) is 4.90 Å². The van der Waals surface area contributed by atoms with Crippen LogP contribution in [-0.2, 0) is 4.79 Å². The molecule has 2 N–H and O–H groups in total. The summed E-state index contributed by atoms with van der Waals surface area (Å²) in [5.74, 6) is 0.252. The molecular formula is C12H22N2O. The maximum absolute atomic E-state index is 11.9. The second-order valence-corrected chi connectivity index (χ2v) is 5.34. The summed E-state index contributed by atoms with van der Waals surface area (Å²) in [6.45, 7) is 0. The lowest BCUT2D eigenvalue weighted by Crippen LogP contribution is -2.46. The van der Waals surface area contributed by atoms with Crippen molar-refractivity contribution in [1.29, 1.82) is 0 Å². The molecule has 0 unspecified atom stereocenters. The summed E-state index contributed by atoms with van der Waals surface area (Å²) in [7, 11) is 1.92. The molecule has 0 aromatic carbocycles. The molecule has 0 heterocycles. The fourth-order valence-corrected chi connectivity index (χ4v) is 2.52. The Hall–Kier alpha value is -0.570. The van der Waals surface area contributed by atoms with Crippen molar-refractivity contribution in [3.8, 4) is 0 Å². The van der Waals surface area contributed by atoms with E-state index >= 15 is 0 Å². The zero-order valence-electron chi connectivity index (χ0n) is 9.67. The van der Waals surface area contributed by atoms with Gasteiger partial charge in [-0.2, -0.15) is 0 Å². The van der Waals surface area contributed by atoms with E-state index < -0.39 is 0 Å². The molecule has 0 atom stereocenters. The van der Waals surface area contributed by atoms with Gasteiger partial charge in [0.15, 0.2) is 0 Å². The van der Waals surface area contributed by atoms with Gasteiger partial charge in [-0.25, -0.2) is 0 Å². The SMILES string of the molecule is CN(C(=O)CC1(N)CCCCC1)C1CC1. The van der Waals surface area contributed by atoms with Crippen LogP contribution in [0.2, 0.25) is 0 Å². The molecule has 2 saturated carbocycles. The number of nitrogens with two attached hydrogens (primary N) is 1. The van der Waals surface area contributed by atoms with Gasteiger partial charge in [0, 0.05) is 25.0 Å². The van der Waals surface area contributed by atoms with Gasteiger partial charge in [0.2, 0.25) is 5.91 Å². The van der Waals surface area contributed by atoms with Gasteiger partial charge < -0.3 is 10.6 Å². The zero-order valence-corrected chi connectivity index (χ0v) is 9.67. The van der Waals surface area contributed by atoms with Gasteiger partial charge in [-0.05, 0) is 25.7 Å². The van der Waals surface area contributed by atoms with Crippen LogP contribution in [0.1, 0.15) is 51.4 Å². The summed E-state index contributed by atoms with van der Waals surface area (Å²) in [4.78, 5) is 13.8. The first-order chi connectivity index (χ1) is 7.11. The molecule has 2 aliphatic rings. The van der Waals surface area contributed by atoms with Crippen molar-refractivity contribution in [2.45, 2.75) is 62.9 Å². The van der Waals surface area contributed by atoms with Crippen LogP contribution in [0.3, 0.4) is 0 Å². The highest BCUT2D eigenvalue weighted by molar-refractivity contribution is 5.77. The third kappa shape index (κ3) is 2.71. The molecule has 0 aliphatic heterocycles. The van der Waals surface area contributed by atoms with Crippen molar-refractivity contribution in [3.05, 3.63) is 0 Å². The van der Waals surface area contributed by atoms with Crippen LogP contribution in [0.5, 0.6) is 0 Å². The Balaban J connectivity index is 1.85. The molecule has 0 saturated heterocycles. The molecule has 2 aliphatic carbocycles. The van der Waals surface area contributed by atoms with Crippen molar-refractivity contribution < 1.29 is 4.79 Å². The van der Waals surface area contributed by atoms with Crippen LogP contribution in [-0.4, -0.2) is 29.4 Å². The summed E-state index contributed by atoms with van der Waals surface area (Å²) < 4.78 is 0. The van der Waals surface area contributed by atoms with E-state index in [9.17, 15) is 4.79 Å². The Bertz CT molecular complexity index is 242. The van der Waals surface area contributed by atoms with Crippen molar-refractivity contribution in [3.63, 3.8) is 0 Å². The fraction of sp³-hybridized carbons (Fsp3) is 0.917. The number of hydrogen-bond acceptors (Lipinski definition) is 2. The summed E-state index contributed by atoms with van der Waals surface area (Å²) in [6.07, 6.45) is 8.63. The average molecular weight is 210 g/mol. The molecule has 0 aromatic heterocycles. The second kappa shape index (κ2) is 4.12. The molecule has 3 heteroatoms. The molecule has 0 aromatic rings. The van der Waals surface area contributed by atoms with Crippen LogP contribution < -0.4 is 5.73 Å². The first kappa shape index (κ1) is 10.9. The van der Waals surface area contributed by atoms with Gasteiger partial charge in [0.25, 0.3) is 0 Å². The fourth-order valence-electron chi connectivity index (χ4n) is 2.52. The highest BCUT2D eigenvalue weighted by atomic mass is 16.2. The molecule has 0 radical (unpaired) electrons. The topological polar surface area (TPSA) is 46.3 Å². The van der Waals surface area contributed by atoms with E-state index in [0.717, 1.165) is 12.8 Å². The van der Waals surface area contributed by atoms with E-state index in [-0.39, 0.29) is 11.4 Å². The second-order valence-electron chi connectivity index (χ2n) is 5.34. The molecule has 15 heavy (non-hydrogen) atoms. The van der Waals surface area contributed by atoms with Crippen LogP contribution in [0, 0.1) is 0 Å². The van der Waals surface area contributed by atoms with E-state index in [1.54, 1.807) is 0 Å². The van der Waals surface area contributed by atoms with Crippen molar-refractivity contribution in [2.24, 2.45) is 5.73 Å². The van der Waals surface area contributed by atoms with Gasteiger partial charge in [-0.1, -0.05) is 19.3 Å². The van der Waals surface area contributed by atoms with E-state index in [4.69, 9.17) is 5.73 Å². The maximum atomic E-state index is 11.9. The lowest BCUT2D eigenvalue weighted by Gasteiger charge is -2.34. The Morgan fingerprint density at radius 3 is 2.47 bits per heavy atom. The Morgan fingerprint density at radius 2 is 1.93 bits per heavy atom. The summed E-state index contributed by atoms with van der Waals surface area (Å²) >= 11 is 0. The van der Waals surface area contributed by atoms with E-state index in [1.165, 1.54) is 32.1 Å². The van der Waals surface area contributed by atoms with Crippen molar-refractivity contribution >= 4 is 5.91 Å². The number of amides is 1. The lowest BCUT2D eigenvalue weighted by molar-refractivity contribution is -0.132. The van der Waals surface area contributed by atoms with Crippen molar-refractivity contribution in [2.75, 3.05) is 7.05 Å². The summed E-state index contributed by atoms with van der Waals surface area (Å²) in [5.41, 5.74) is 6.07. The molecule has 0 bridgehead atoms. The van der Waals surface area contributed by atoms with Gasteiger partial charge >= 0.3 is 0 Å². The van der Waals surface area contributed by atoms with E-state index in [1.807, 2.05) is 11.9 Å². The Kier molecular flexibility index (Phi) is 3.01. The molecular weight excluding hydrogens is 188 g/mol. The van der Waals surface area contributed by atoms with Gasteiger partial charge in [0.05, 0.1) is 0 Å². The van der Waals surface area contributed by atoms with Gasteiger partial charge in [-0.3, -0.25) is 4.79 Å². The number of nitrogens with zero attached hydrogens (tertiary/aromatic N) is 1. The molecule has 86 valence electrons. The molecule has 2 fully saturated rings. The minimum Gasteiger partial charge on any atom is -0.343 e. The van der Waals surface area contributed by atoms with E-state index in [0.29, 0.717) is 12.5 Å². The molecule has 2 rings (SSSR count). The lowest BCUT2D eigenvalue weighted by atomic mass is 9.80. The normalized spacial score (nSPS) is 24.9. The Morgan fingerprint density at radius 1 is 1.33 bits per heavy atom. The average Bonchev–Trinajstić information content (AvgIpc) is 3.00. The largest absolute Gasteiger partial charge is 0.343 e. The number of rotatable bonds is 3. The standard InChI is InChI=1S/C12H22N2O/c1-14(10-5-6-10)11(15)9-12(13)7-3-2-4-8-12/h10H,2-9,13H2,1H3. The molecule has 0 spiro atoms. The first-order valence-electron chi connectivity index (χ1n) is 6.15. The third-order valence-corrected chi connectivity index (χ3v) is 3.84. The predicted octanol–water partition coefficient (Wildman–Crippen LogP) is 1.66. The Labute approximate surface area is 92.0 Å². The summed E-state index contributed by atoms with van der Waals surface area (Å²) in [5, 5.41) is 0.